The fourth-order valence-electron chi connectivity index (χ4n) is 6.68. The first-order valence-electron chi connectivity index (χ1n) is 16.2. The van der Waals surface area contributed by atoms with Crippen molar-refractivity contribution in [2.45, 2.75) is 19.0 Å². The lowest BCUT2D eigenvalue weighted by molar-refractivity contribution is 0.0947. The van der Waals surface area contributed by atoms with Crippen LogP contribution in [0.15, 0.2) is 60.7 Å². The first kappa shape index (κ1) is 32.2. The molecule has 44 heavy (non-hydrogen) atoms. The number of fused-ring (bicyclic) bond motifs is 2. The fourth-order valence-corrected chi connectivity index (χ4v) is 9.90. The van der Waals surface area contributed by atoms with Gasteiger partial charge >= 0.3 is 0 Å². The zero-order valence-corrected chi connectivity index (χ0v) is 28.2. The summed E-state index contributed by atoms with van der Waals surface area (Å²) in [5.41, 5.74) is 6.82. The standard InChI is InChI=1S/C35H51N7OSi/c1-36-26-10-12-30-32(24-26)44(4,5)33-25-27(41(2)3)11-13-31(33)34(30)28-8-6-7-9-29(28)35(43)40-20-23-42-21-18-38-16-14-37-15-17-39-19-22-42/h6-13,24-25,34,36-39H,14-23H2,1-5H3,(H,40,43). The summed E-state index contributed by atoms with van der Waals surface area (Å²) >= 11 is 0. The molecule has 0 bridgehead atoms. The molecule has 5 N–H and O–H groups in total. The highest BCUT2D eigenvalue weighted by molar-refractivity contribution is 7.01. The zero-order valence-electron chi connectivity index (χ0n) is 27.2. The van der Waals surface area contributed by atoms with Crippen LogP contribution in [0.3, 0.4) is 0 Å². The lowest BCUT2D eigenvalue weighted by atomic mass is 9.82. The molecule has 1 unspecified atom stereocenters. The van der Waals surface area contributed by atoms with Gasteiger partial charge in [0, 0.05) is 109 Å². The van der Waals surface area contributed by atoms with Crippen molar-refractivity contribution < 1.29 is 4.79 Å². The predicted molar refractivity (Wildman–Crippen MR) is 188 cm³/mol. The maximum Gasteiger partial charge on any atom is 0.251 e. The van der Waals surface area contributed by atoms with Crippen molar-refractivity contribution in [2.24, 2.45) is 0 Å². The van der Waals surface area contributed by atoms with Crippen LogP contribution < -0.4 is 41.9 Å². The lowest BCUT2D eigenvalue weighted by Gasteiger charge is -2.40. The number of hydrogen-bond donors (Lipinski definition) is 5. The largest absolute Gasteiger partial charge is 0.388 e. The van der Waals surface area contributed by atoms with Crippen LogP contribution in [0.25, 0.3) is 0 Å². The second-order valence-electron chi connectivity index (χ2n) is 12.7. The number of carbonyl (C=O) groups excluding carboxylic acids is 1. The SMILES string of the molecule is CNc1ccc2c(c1)[Si](C)(C)c1cc(N(C)C)ccc1C2c1ccccc1C(=O)NCCN1CCNCCNCCNCC1. The van der Waals surface area contributed by atoms with Gasteiger partial charge in [0.25, 0.3) is 5.91 Å². The van der Waals surface area contributed by atoms with Crippen molar-refractivity contribution in [3.05, 3.63) is 82.9 Å². The van der Waals surface area contributed by atoms with E-state index >= 15 is 0 Å². The quantitative estimate of drug-likeness (QED) is 0.261. The minimum atomic E-state index is -2.02. The summed E-state index contributed by atoms with van der Waals surface area (Å²) < 4.78 is 0. The molecule has 3 aromatic carbocycles. The van der Waals surface area contributed by atoms with E-state index in [0.717, 1.165) is 75.7 Å². The van der Waals surface area contributed by atoms with E-state index in [0.29, 0.717) is 6.54 Å². The first-order valence-corrected chi connectivity index (χ1v) is 19.2. The van der Waals surface area contributed by atoms with Gasteiger partial charge in [-0.1, -0.05) is 43.4 Å². The Morgan fingerprint density at radius 3 is 2.11 bits per heavy atom. The summed E-state index contributed by atoms with van der Waals surface area (Å²) in [5, 5.41) is 20.0. The van der Waals surface area contributed by atoms with Gasteiger partial charge in [-0.25, -0.2) is 0 Å². The number of hydrogen-bond acceptors (Lipinski definition) is 7. The van der Waals surface area contributed by atoms with Gasteiger partial charge < -0.3 is 31.5 Å². The van der Waals surface area contributed by atoms with E-state index in [4.69, 9.17) is 0 Å². The van der Waals surface area contributed by atoms with Gasteiger partial charge in [0.1, 0.15) is 8.07 Å². The molecule has 0 spiro atoms. The molecule has 8 nitrogen and oxygen atoms in total. The van der Waals surface area contributed by atoms with E-state index in [1.165, 1.54) is 27.2 Å². The summed E-state index contributed by atoms with van der Waals surface area (Å²) in [4.78, 5) is 18.5. The molecule has 1 fully saturated rings. The summed E-state index contributed by atoms with van der Waals surface area (Å²) in [6, 6.07) is 21.9. The number of amides is 1. The maximum atomic E-state index is 13.9. The molecule has 0 aliphatic carbocycles. The van der Waals surface area contributed by atoms with Crippen LogP contribution in [0.1, 0.15) is 33.0 Å². The van der Waals surface area contributed by atoms with Gasteiger partial charge in [0.15, 0.2) is 0 Å². The minimum absolute atomic E-state index is 0.000728. The molecule has 1 atom stereocenters. The molecule has 5 rings (SSSR count). The second kappa shape index (κ2) is 14.7. The third-order valence-electron chi connectivity index (χ3n) is 9.26. The zero-order chi connectivity index (χ0) is 31.1. The number of carbonyl (C=O) groups is 1. The number of anilines is 2. The third-order valence-corrected chi connectivity index (χ3v) is 12.8. The summed E-state index contributed by atoms with van der Waals surface area (Å²) in [7, 11) is 4.17. The van der Waals surface area contributed by atoms with Crippen LogP contribution in [0.2, 0.25) is 13.1 Å². The molecule has 2 aliphatic rings. The monoisotopic (exact) mass is 613 g/mol. The molecule has 236 valence electrons. The predicted octanol–water partition coefficient (Wildman–Crippen LogP) is 1.92. The average Bonchev–Trinajstić information content (AvgIpc) is 3.02. The topological polar surface area (TPSA) is 83.7 Å². The number of nitrogens with zero attached hydrogens (tertiary/aromatic N) is 2. The van der Waals surface area contributed by atoms with Crippen LogP contribution in [0.5, 0.6) is 0 Å². The van der Waals surface area contributed by atoms with Gasteiger partial charge in [-0.05, 0) is 57.4 Å². The maximum absolute atomic E-state index is 13.9. The van der Waals surface area contributed by atoms with Gasteiger partial charge in [-0.3, -0.25) is 9.69 Å². The molecular weight excluding hydrogens is 563 g/mol. The summed E-state index contributed by atoms with van der Waals surface area (Å²) in [6.45, 7) is 14.1. The van der Waals surface area contributed by atoms with Gasteiger partial charge in [0.05, 0.1) is 0 Å². The third kappa shape index (κ3) is 7.19. The Hall–Kier alpha value is -3.21. The molecule has 0 saturated carbocycles. The van der Waals surface area contributed by atoms with Crippen LogP contribution in [-0.2, 0) is 0 Å². The van der Waals surface area contributed by atoms with E-state index in [-0.39, 0.29) is 11.8 Å². The molecule has 0 radical (unpaired) electrons. The van der Waals surface area contributed by atoms with Crippen molar-refractivity contribution in [1.29, 1.82) is 0 Å². The van der Waals surface area contributed by atoms with Crippen molar-refractivity contribution >= 4 is 35.7 Å². The van der Waals surface area contributed by atoms with E-state index in [9.17, 15) is 4.79 Å². The van der Waals surface area contributed by atoms with Crippen LogP contribution in [0.4, 0.5) is 11.4 Å². The lowest BCUT2D eigenvalue weighted by Crippen LogP contribution is -2.59. The summed E-state index contributed by atoms with van der Waals surface area (Å²) in [5.74, 6) is -0.00879. The Balaban J connectivity index is 1.41. The molecule has 2 aliphatic heterocycles. The minimum Gasteiger partial charge on any atom is -0.388 e. The summed E-state index contributed by atoms with van der Waals surface area (Å²) in [6.07, 6.45) is 0. The Morgan fingerprint density at radius 1 is 0.841 bits per heavy atom. The van der Waals surface area contributed by atoms with Crippen LogP contribution in [0, 0.1) is 0 Å². The molecule has 9 heteroatoms. The number of benzene rings is 3. The molecule has 0 aromatic heterocycles. The highest BCUT2D eigenvalue weighted by atomic mass is 28.3. The Morgan fingerprint density at radius 2 is 1.45 bits per heavy atom. The van der Waals surface area contributed by atoms with E-state index < -0.39 is 8.07 Å². The van der Waals surface area contributed by atoms with Crippen molar-refractivity contribution in [3.8, 4) is 0 Å². The van der Waals surface area contributed by atoms with E-state index in [1.54, 1.807) is 0 Å². The first-order chi connectivity index (χ1) is 21.3. The van der Waals surface area contributed by atoms with Crippen molar-refractivity contribution in [2.75, 3.05) is 96.8 Å². The van der Waals surface area contributed by atoms with Gasteiger partial charge in [-0.2, -0.15) is 0 Å². The molecule has 3 aromatic rings. The Kier molecular flexibility index (Phi) is 10.8. The molecular formula is C35H51N7OSi. The normalized spacial score (nSPS) is 19.1. The van der Waals surface area contributed by atoms with Crippen molar-refractivity contribution in [1.82, 2.24) is 26.2 Å². The molecule has 2 heterocycles. The second-order valence-corrected chi connectivity index (χ2v) is 17.0. The van der Waals surface area contributed by atoms with Gasteiger partial charge in [0.2, 0.25) is 0 Å². The van der Waals surface area contributed by atoms with Crippen LogP contribution in [-0.4, -0.2) is 105 Å². The van der Waals surface area contributed by atoms with E-state index in [2.05, 4.69) is 112 Å². The fraction of sp³-hybridized carbons (Fsp3) is 0.457. The van der Waals surface area contributed by atoms with Gasteiger partial charge in [-0.15, -0.1) is 0 Å². The number of rotatable bonds is 7. The molecule has 1 saturated heterocycles. The highest BCUT2D eigenvalue weighted by Gasteiger charge is 2.41. The van der Waals surface area contributed by atoms with Crippen molar-refractivity contribution in [3.63, 3.8) is 0 Å². The Labute approximate surface area is 265 Å². The Bertz CT molecular complexity index is 1410. The highest BCUT2D eigenvalue weighted by Crippen LogP contribution is 2.38. The molecule has 1 amide bonds. The number of nitrogens with one attached hydrogen (secondary N) is 5. The van der Waals surface area contributed by atoms with E-state index in [1.807, 2.05) is 19.2 Å². The van der Waals surface area contributed by atoms with Crippen LogP contribution >= 0.6 is 0 Å². The smallest absolute Gasteiger partial charge is 0.251 e. The average molecular weight is 614 g/mol.